The van der Waals surface area contributed by atoms with Gasteiger partial charge in [0.05, 0.1) is 0 Å². The predicted molar refractivity (Wildman–Crippen MR) is 74.6 cm³/mol. The highest BCUT2D eigenvalue weighted by atomic mass is 35.5. The number of nitrogens with two attached hydrogens (primary N) is 1. The SMILES string of the molecule is COC(C(=O)NC/C=C/CN)c1ccccc1.Cl. The van der Waals surface area contributed by atoms with Crippen LogP contribution in [0, 0.1) is 0 Å². The Labute approximate surface area is 114 Å². The number of rotatable bonds is 6. The number of carbonyl (C=O) groups is 1. The molecule has 1 unspecified atom stereocenters. The minimum absolute atomic E-state index is 0. The molecule has 0 fully saturated rings. The summed E-state index contributed by atoms with van der Waals surface area (Å²) in [6.45, 7) is 0.936. The summed E-state index contributed by atoms with van der Waals surface area (Å²) in [4.78, 5) is 11.8. The summed E-state index contributed by atoms with van der Waals surface area (Å²) in [5, 5.41) is 2.76. The van der Waals surface area contributed by atoms with E-state index in [1.165, 1.54) is 7.11 Å². The van der Waals surface area contributed by atoms with Gasteiger partial charge in [-0.05, 0) is 5.56 Å². The highest BCUT2D eigenvalue weighted by molar-refractivity contribution is 5.85. The highest BCUT2D eigenvalue weighted by Gasteiger charge is 2.18. The Morgan fingerprint density at radius 2 is 2.06 bits per heavy atom. The molecule has 5 heteroatoms. The molecule has 0 aliphatic heterocycles. The van der Waals surface area contributed by atoms with Gasteiger partial charge in [0.15, 0.2) is 6.10 Å². The standard InChI is InChI=1S/C13H18N2O2.ClH/c1-17-12(11-7-3-2-4-8-11)13(16)15-10-6-5-9-14;/h2-8,12H,9-10,14H2,1H3,(H,15,16);1H/b6-5+;. The Hall–Kier alpha value is -1.36. The number of hydrogen-bond donors (Lipinski definition) is 2. The van der Waals surface area contributed by atoms with Crippen molar-refractivity contribution in [1.29, 1.82) is 0 Å². The summed E-state index contributed by atoms with van der Waals surface area (Å²) in [6.07, 6.45) is 3.04. The Morgan fingerprint density at radius 1 is 1.39 bits per heavy atom. The molecule has 1 rings (SSSR count). The van der Waals surface area contributed by atoms with Crippen molar-refractivity contribution >= 4 is 18.3 Å². The number of amides is 1. The van der Waals surface area contributed by atoms with Crippen molar-refractivity contribution in [2.45, 2.75) is 6.10 Å². The predicted octanol–water partition coefficient (Wildman–Crippen LogP) is 1.43. The van der Waals surface area contributed by atoms with Crippen LogP contribution in [0.4, 0.5) is 0 Å². The van der Waals surface area contributed by atoms with Crippen molar-refractivity contribution in [2.24, 2.45) is 5.73 Å². The minimum atomic E-state index is -0.567. The van der Waals surface area contributed by atoms with Gasteiger partial charge in [-0.2, -0.15) is 0 Å². The van der Waals surface area contributed by atoms with E-state index >= 15 is 0 Å². The number of halogens is 1. The largest absolute Gasteiger partial charge is 0.367 e. The van der Waals surface area contributed by atoms with Crippen LogP contribution in [-0.2, 0) is 9.53 Å². The second-order valence-electron chi connectivity index (χ2n) is 3.48. The van der Waals surface area contributed by atoms with Crippen LogP contribution in [-0.4, -0.2) is 26.1 Å². The number of hydrogen-bond acceptors (Lipinski definition) is 3. The second-order valence-corrected chi connectivity index (χ2v) is 3.48. The van der Waals surface area contributed by atoms with Crippen molar-refractivity contribution in [3.8, 4) is 0 Å². The lowest BCUT2D eigenvalue weighted by Gasteiger charge is -2.14. The quantitative estimate of drug-likeness (QED) is 0.769. The summed E-state index contributed by atoms with van der Waals surface area (Å²) < 4.78 is 5.19. The molecule has 0 radical (unpaired) electrons. The van der Waals surface area contributed by atoms with Crippen LogP contribution in [0.15, 0.2) is 42.5 Å². The Morgan fingerprint density at radius 3 is 2.61 bits per heavy atom. The van der Waals surface area contributed by atoms with Crippen molar-refractivity contribution in [1.82, 2.24) is 5.32 Å². The average molecular weight is 271 g/mol. The van der Waals surface area contributed by atoms with Crippen LogP contribution < -0.4 is 11.1 Å². The van der Waals surface area contributed by atoms with E-state index in [2.05, 4.69) is 5.32 Å². The van der Waals surface area contributed by atoms with Gasteiger partial charge in [0.25, 0.3) is 5.91 Å². The third-order valence-corrected chi connectivity index (χ3v) is 2.27. The van der Waals surface area contributed by atoms with E-state index in [9.17, 15) is 4.79 Å². The Kier molecular flexibility index (Phi) is 8.92. The van der Waals surface area contributed by atoms with Gasteiger partial charge in [-0.25, -0.2) is 0 Å². The van der Waals surface area contributed by atoms with Crippen molar-refractivity contribution < 1.29 is 9.53 Å². The van der Waals surface area contributed by atoms with Gasteiger partial charge in [0.2, 0.25) is 0 Å². The Balaban J connectivity index is 0.00000289. The van der Waals surface area contributed by atoms with Gasteiger partial charge >= 0.3 is 0 Å². The maximum atomic E-state index is 11.8. The first-order valence-electron chi connectivity index (χ1n) is 5.50. The third-order valence-electron chi connectivity index (χ3n) is 2.27. The lowest BCUT2D eigenvalue weighted by Crippen LogP contribution is -2.30. The Bertz CT molecular complexity index is 369. The van der Waals surface area contributed by atoms with E-state index in [4.69, 9.17) is 10.5 Å². The smallest absolute Gasteiger partial charge is 0.253 e. The van der Waals surface area contributed by atoms with Crippen LogP contribution in [0.3, 0.4) is 0 Å². The van der Waals surface area contributed by atoms with E-state index in [1.54, 1.807) is 6.08 Å². The van der Waals surface area contributed by atoms with Crippen molar-refractivity contribution in [3.63, 3.8) is 0 Å². The highest BCUT2D eigenvalue weighted by Crippen LogP contribution is 2.15. The number of nitrogens with one attached hydrogen (secondary N) is 1. The fourth-order valence-corrected chi connectivity index (χ4v) is 1.45. The zero-order valence-corrected chi connectivity index (χ0v) is 11.2. The molecule has 100 valence electrons. The van der Waals surface area contributed by atoms with Crippen LogP contribution in [0.1, 0.15) is 11.7 Å². The molecule has 1 amide bonds. The fourth-order valence-electron chi connectivity index (χ4n) is 1.45. The van der Waals surface area contributed by atoms with Crippen LogP contribution in [0.2, 0.25) is 0 Å². The third kappa shape index (κ3) is 5.31. The molecule has 4 nitrogen and oxygen atoms in total. The van der Waals surface area contributed by atoms with E-state index in [0.29, 0.717) is 13.1 Å². The molecule has 0 heterocycles. The summed E-state index contributed by atoms with van der Waals surface area (Å²) in [5.41, 5.74) is 6.14. The topological polar surface area (TPSA) is 64.3 Å². The molecule has 0 bridgehead atoms. The molecule has 3 N–H and O–H groups in total. The van der Waals surface area contributed by atoms with Crippen LogP contribution in [0.25, 0.3) is 0 Å². The van der Waals surface area contributed by atoms with E-state index in [0.717, 1.165) is 5.56 Å². The second kappa shape index (κ2) is 9.65. The number of carbonyl (C=O) groups excluding carboxylic acids is 1. The van der Waals surface area contributed by atoms with Gasteiger partial charge in [-0.1, -0.05) is 42.5 Å². The lowest BCUT2D eigenvalue weighted by molar-refractivity contribution is -0.131. The average Bonchev–Trinajstić information content (AvgIpc) is 2.37. The summed E-state index contributed by atoms with van der Waals surface area (Å²) >= 11 is 0. The van der Waals surface area contributed by atoms with E-state index < -0.39 is 6.10 Å². The van der Waals surface area contributed by atoms with Crippen molar-refractivity contribution in [3.05, 3.63) is 48.0 Å². The maximum Gasteiger partial charge on any atom is 0.253 e. The molecule has 0 saturated heterocycles. The summed E-state index contributed by atoms with van der Waals surface area (Å²) in [5.74, 6) is -0.152. The lowest BCUT2D eigenvalue weighted by atomic mass is 10.1. The van der Waals surface area contributed by atoms with E-state index in [-0.39, 0.29) is 18.3 Å². The molecule has 0 aliphatic carbocycles. The van der Waals surface area contributed by atoms with Gasteiger partial charge in [-0.3, -0.25) is 4.79 Å². The maximum absolute atomic E-state index is 11.8. The normalized spacial score (nSPS) is 11.9. The first-order valence-corrected chi connectivity index (χ1v) is 5.50. The molecule has 0 aliphatic rings. The van der Waals surface area contributed by atoms with Crippen LogP contribution in [0.5, 0.6) is 0 Å². The molecule has 1 aromatic carbocycles. The molecular formula is C13H19ClN2O2. The van der Waals surface area contributed by atoms with Crippen LogP contribution >= 0.6 is 12.4 Å². The first kappa shape index (κ1) is 16.6. The fraction of sp³-hybridized carbons (Fsp3) is 0.308. The van der Waals surface area contributed by atoms with Gasteiger partial charge < -0.3 is 15.8 Å². The number of benzene rings is 1. The molecule has 0 saturated carbocycles. The van der Waals surface area contributed by atoms with E-state index in [1.807, 2.05) is 36.4 Å². The number of methoxy groups -OCH3 is 1. The first-order chi connectivity index (χ1) is 8.29. The molecule has 0 spiro atoms. The van der Waals surface area contributed by atoms with Crippen molar-refractivity contribution in [2.75, 3.05) is 20.2 Å². The molecule has 1 atom stereocenters. The molecule has 1 aromatic rings. The van der Waals surface area contributed by atoms with Gasteiger partial charge in [0.1, 0.15) is 0 Å². The molecule has 18 heavy (non-hydrogen) atoms. The number of ether oxygens (including phenoxy) is 1. The molecule has 0 aromatic heterocycles. The summed E-state index contributed by atoms with van der Waals surface area (Å²) in [6, 6.07) is 9.39. The zero-order valence-electron chi connectivity index (χ0n) is 10.3. The van der Waals surface area contributed by atoms with Gasteiger partial charge in [-0.15, -0.1) is 12.4 Å². The zero-order chi connectivity index (χ0) is 12.5. The van der Waals surface area contributed by atoms with Gasteiger partial charge in [0, 0.05) is 20.2 Å². The molecular weight excluding hydrogens is 252 g/mol. The summed E-state index contributed by atoms with van der Waals surface area (Å²) in [7, 11) is 1.52. The monoisotopic (exact) mass is 270 g/mol. The minimum Gasteiger partial charge on any atom is -0.367 e.